The van der Waals surface area contributed by atoms with Gasteiger partial charge in [-0.3, -0.25) is 4.79 Å². The van der Waals surface area contributed by atoms with Gasteiger partial charge in [0.15, 0.2) is 0 Å². The molecule has 7 nitrogen and oxygen atoms in total. The van der Waals surface area contributed by atoms with Crippen LogP contribution in [0.5, 0.6) is 11.5 Å². The van der Waals surface area contributed by atoms with Gasteiger partial charge in [-0.25, -0.2) is 13.1 Å². The first kappa shape index (κ1) is 22.4. The van der Waals surface area contributed by atoms with E-state index in [-0.39, 0.29) is 10.8 Å². The predicted molar refractivity (Wildman–Crippen MR) is 114 cm³/mol. The van der Waals surface area contributed by atoms with Crippen molar-refractivity contribution in [3.05, 3.63) is 54.1 Å². The minimum absolute atomic E-state index is 0.159. The third-order valence-corrected chi connectivity index (χ3v) is 5.52. The van der Waals surface area contributed by atoms with E-state index in [0.717, 1.165) is 12.8 Å². The molecule has 0 aromatic heterocycles. The Morgan fingerprint density at radius 1 is 1.14 bits per heavy atom. The van der Waals surface area contributed by atoms with Crippen molar-refractivity contribution in [2.45, 2.75) is 24.7 Å². The molecule has 0 heterocycles. The average molecular weight is 419 g/mol. The molecule has 2 rings (SSSR count). The summed E-state index contributed by atoms with van der Waals surface area (Å²) < 4.78 is 36.7. The standard InChI is InChI=1S/C21H26N2O5S/c1-4-5-14-28-20-12-9-17(27-3)15-19(20)23-21(24)13-8-16-6-10-18(11-7-16)29(25,26)22-2/h6-13,15,22H,4-5,14H2,1-3H3,(H,23,24)/b13-8+. The second kappa shape index (κ2) is 10.6. The second-order valence-electron chi connectivity index (χ2n) is 6.16. The van der Waals surface area contributed by atoms with Gasteiger partial charge in [-0.1, -0.05) is 25.5 Å². The Morgan fingerprint density at radius 2 is 1.86 bits per heavy atom. The summed E-state index contributed by atoms with van der Waals surface area (Å²) in [6, 6.07) is 11.4. The van der Waals surface area contributed by atoms with Crippen molar-refractivity contribution < 1.29 is 22.7 Å². The van der Waals surface area contributed by atoms with Gasteiger partial charge in [0, 0.05) is 12.1 Å². The van der Waals surface area contributed by atoms with Crippen LogP contribution in [-0.2, 0) is 14.8 Å². The fraction of sp³-hybridized carbons (Fsp3) is 0.286. The Balaban J connectivity index is 2.09. The van der Waals surface area contributed by atoms with Gasteiger partial charge in [0.25, 0.3) is 0 Å². The van der Waals surface area contributed by atoms with Gasteiger partial charge in [-0.15, -0.1) is 0 Å². The monoisotopic (exact) mass is 418 g/mol. The van der Waals surface area contributed by atoms with E-state index < -0.39 is 10.0 Å². The Morgan fingerprint density at radius 3 is 2.48 bits per heavy atom. The van der Waals surface area contributed by atoms with E-state index in [1.165, 1.54) is 25.3 Å². The molecule has 2 aromatic rings. The molecule has 29 heavy (non-hydrogen) atoms. The van der Waals surface area contributed by atoms with Crippen LogP contribution in [0.1, 0.15) is 25.3 Å². The average Bonchev–Trinajstić information content (AvgIpc) is 2.73. The number of carbonyl (C=O) groups is 1. The van der Waals surface area contributed by atoms with E-state index in [1.807, 2.05) is 0 Å². The predicted octanol–water partition coefficient (Wildman–Crippen LogP) is 3.43. The third kappa shape index (κ3) is 6.62. The molecule has 0 saturated heterocycles. The van der Waals surface area contributed by atoms with Gasteiger partial charge in [0.1, 0.15) is 11.5 Å². The SMILES string of the molecule is CCCCOc1ccc(OC)cc1NC(=O)/C=C/c1ccc(S(=O)(=O)NC)cc1. The van der Waals surface area contributed by atoms with Crippen molar-refractivity contribution in [2.24, 2.45) is 0 Å². The van der Waals surface area contributed by atoms with Gasteiger partial charge in [-0.2, -0.15) is 0 Å². The molecule has 0 aliphatic rings. The molecule has 2 aromatic carbocycles. The maximum Gasteiger partial charge on any atom is 0.248 e. The van der Waals surface area contributed by atoms with E-state index in [4.69, 9.17) is 9.47 Å². The number of hydrogen-bond acceptors (Lipinski definition) is 5. The molecular weight excluding hydrogens is 392 g/mol. The Kier molecular flexibility index (Phi) is 8.23. The number of rotatable bonds is 10. The molecule has 0 fully saturated rings. The highest BCUT2D eigenvalue weighted by molar-refractivity contribution is 7.89. The van der Waals surface area contributed by atoms with Crippen molar-refractivity contribution in [2.75, 3.05) is 26.1 Å². The number of unbranched alkanes of at least 4 members (excludes halogenated alkanes) is 1. The van der Waals surface area contributed by atoms with E-state index in [1.54, 1.807) is 43.5 Å². The normalized spacial score (nSPS) is 11.4. The Labute approximate surface area is 171 Å². The van der Waals surface area contributed by atoms with Crippen LogP contribution in [0.2, 0.25) is 0 Å². The van der Waals surface area contributed by atoms with Crippen LogP contribution in [0.3, 0.4) is 0 Å². The topological polar surface area (TPSA) is 93.7 Å². The summed E-state index contributed by atoms with van der Waals surface area (Å²) in [5.74, 6) is 0.835. The van der Waals surface area contributed by atoms with Crippen LogP contribution in [-0.4, -0.2) is 35.1 Å². The summed E-state index contributed by atoms with van der Waals surface area (Å²) in [5, 5.41) is 2.79. The zero-order chi connectivity index (χ0) is 21.3. The van der Waals surface area contributed by atoms with Crippen molar-refractivity contribution in [3.8, 4) is 11.5 Å². The molecule has 0 spiro atoms. The summed E-state index contributed by atoms with van der Waals surface area (Å²) in [6.45, 7) is 2.63. The van der Waals surface area contributed by atoms with Crippen molar-refractivity contribution in [3.63, 3.8) is 0 Å². The fourth-order valence-electron chi connectivity index (χ4n) is 2.41. The first-order valence-electron chi connectivity index (χ1n) is 9.23. The molecule has 8 heteroatoms. The van der Waals surface area contributed by atoms with Gasteiger partial charge in [-0.05, 0) is 49.4 Å². The van der Waals surface area contributed by atoms with E-state index in [2.05, 4.69) is 17.0 Å². The lowest BCUT2D eigenvalue weighted by atomic mass is 10.2. The van der Waals surface area contributed by atoms with E-state index in [0.29, 0.717) is 29.4 Å². The van der Waals surface area contributed by atoms with Crippen LogP contribution in [0.25, 0.3) is 6.08 Å². The lowest BCUT2D eigenvalue weighted by molar-refractivity contribution is -0.111. The zero-order valence-corrected chi connectivity index (χ0v) is 17.6. The van der Waals surface area contributed by atoms with Crippen molar-refractivity contribution >= 4 is 27.7 Å². The van der Waals surface area contributed by atoms with Crippen LogP contribution < -0.4 is 19.5 Å². The summed E-state index contributed by atoms with van der Waals surface area (Å²) in [4.78, 5) is 12.5. The van der Waals surface area contributed by atoms with Crippen molar-refractivity contribution in [1.82, 2.24) is 4.72 Å². The number of sulfonamides is 1. The molecule has 0 aliphatic carbocycles. The largest absolute Gasteiger partial charge is 0.497 e. The summed E-state index contributed by atoms with van der Waals surface area (Å²) in [6.07, 6.45) is 4.90. The highest BCUT2D eigenvalue weighted by Crippen LogP contribution is 2.29. The Hall–Kier alpha value is -2.84. The number of ether oxygens (including phenoxy) is 2. The number of methoxy groups -OCH3 is 1. The van der Waals surface area contributed by atoms with E-state index >= 15 is 0 Å². The summed E-state index contributed by atoms with van der Waals surface area (Å²) in [5.41, 5.74) is 1.21. The van der Waals surface area contributed by atoms with Crippen LogP contribution in [0.15, 0.2) is 53.4 Å². The highest BCUT2D eigenvalue weighted by atomic mass is 32.2. The summed E-state index contributed by atoms with van der Waals surface area (Å²) in [7, 11) is -0.582. The van der Waals surface area contributed by atoms with E-state index in [9.17, 15) is 13.2 Å². The van der Waals surface area contributed by atoms with Crippen LogP contribution in [0, 0.1) is 0 Å². The molecule has 0 bridgehead atoms. The molecule has 0 unspecified atom stereocenters. The molecule has 1 amide bonds. The number of hydrogen-bond donors (Lipinski definition) is 2. The number of nitrogens with one attached hydrogen (secondary N) is 2. The van der Waals surface area contributed by atoms with Gasteiger partial charge in [0.05, 0.1) is 24.3 Å². The lowest BCUT2D eigenvalue weighted by Gasteiger charge is -2.13. The maximum absolute atomic E-state index is 12.3. The lowest BCUT2D eigenvalue weighted by Crippen LogP contribution is -2.18. The number of benzene rings is 2. The fourth-order valence-corrected chi connectivity index (χ4v) is 3.14. The number of anilines is 1. The zero-order valence-electron chi connectivity index (χ0n) is 16.8. The molecule has 0 atom stereocenters. The van der Waals surface area contributed by atoms with Crippen molar-refractivity contribution in [1.29, 1.82) is 0 Å². The van der Waals surface area contributed by atoms with Crippen LogP contribution >= 0.6 is 0 Å². The maximum atomic E-state index is 12.3. The molecule has 0 aliphatic heterocycles. The highest BCUT2D eigenvalue weighted by Gasteiger charge is 2.10. The third-order valence-electron chi connectivity index (χ3n) is 4.09. The smallest absolute Gasteiger partial charge is 0.248 e. The van der Waals surface area contributed by atoms with Gasteiger partial charge >= 0.3 is 0 Å². The number of carbonyl (C=O) groups excluding carboxylic acids is 1. The first-order chi connectivity index (χ1) is 13.9. The minimum atomic E-state index is -3.49. The minimum Gasteiger partial charge on any atom is -0.497 e. The molecule has 0 saturated carbocycles. The summed E-state index contributed by atoms with van der Waals surface area (Å²) >= 11 is 0. The molecule has 2 N–H and O–H groups in total. The molecule has 0 radical (unpaired) electrons. The quantitative estimate of drug-likeness (QED) is 0.455. The number of amides is 1. The van der Waals surface area contributed by atoms with Gasteiger partial charge < -0.3 is 14.8 Å². The first-order valence-corrected chi connectivity index (χ1v) is 10.7. The molecule has 156 valence electrons. The molecular formula is C21H26N2O5S. The van der Waals surface area contributed by atoms with Crippen LogP contribution in [0.4, 0.5) is 5.69 Å². The van der Waals surface area contributed by atoms with Gasteiger partial charge in [0.2, 0.25) is 15.9 Å². The second-order valence-corrected chi connectivity index (χ2v) is 8.05. The Bertz CT molecular complexity index is 954.